The largest absolute Gasteiger partial charge is 0.454 e. The summed E-state index contributed by atoms with van der Waals surface area (Å²) < 4.78 is 15.6. The highest BCUT2D eigenvalue weighted by molar-refractivity contribution is 5.93. The van der Waals surface area contributed by atoms with Gasteiger partial charge < -0.3 is 29.7 Å². The van der Waals surface area contributed by atoms with Crippen molar-refractivity contribution >= 4 is 23.5 Å². The Morgan fingerprint density at radius 3 is 2.72 bits per heavy atom. The fourth-order valence-electron chi connectivity index (χ4n) is 3.03. The minimum Gasteiger partial charge on any atom is -0.454 e. The smallest absolute Gasteiger partial charge is 0.239 e. The minimum absolute atomic E-state index is 0.0294. The number of nitrogens with one attached hydrogen (secondary N) is 2. The number of hydrogen-bond acceptors (Lipinski definition) is 7. The molecule has 0 spiro atoms. The zero-order chi connectivity index (χ0) is 22.8. The Bertz CT molecular complexity index is 937. The van der Waals surface area contributed by atoms with Crippen LogP contribution in [0.5, 0.6) is 11.5 Å². The third-order valence-electron chi connectivity index (χ3n) is 4.62. The molecule has 0 saturated heterocycles. The van der Waals surface area contributed by atoms with Gasteiger partial charge in [0.25, 0.3) is 0 Å². The van der Waals surface area contributed by atoms with E-state index in [9.17, 15) is 14.4 Å². The molecule has 10 heteroatoms. The van der Waals surface area contributed by atoms with Gasteiger partial charge in [-0.3, -0.25) is 14.4 Å². The lowest BCUT2D eigenvalue weighted by Gasteiger charge is -2.22. The quantitative estimate of drug-likeness (QED) is 0.504. The lowest BCUT2D eigenvalue weighted by Crippen LogP contribution is -2.41. The predicted molar refractivity (Wildman–Crippen MR) is 115 cm³/mol. The number of ether oxygens (including phenoxy) is 3. The molecule has 2 aromatic rings. The summed E-state index contributed by atoms with van der Waals surface area (Å²) in [6, 6.07) is 10.5. The van der Waals surface area contributed by atoms with E-state index in [4.69, 9.17) is 14.2 Å². The molecule has 3 rings (SSSR count). The molecule has 10 nitrogen and oxygen atoms in total. The van der Waals surface area contributed by atoms with Crippen molar-refractivity contribution in [3.8, 4) is 11.5 Å². The van der Waals surface area contributed by atoms with Crippen molar-refractivity contribution in [1.29, 1.82) is 0 Å². The molecule has 0 aliphatic carbocycles. The summed E-state index contributed by atoms with van der Waals surface area (Å²) in [5.41, 5.74) is 0.783. The lowest BCUT2D eigenvalue weighted by atomic mass is 10.1. The molecule has 0 saturated carbocycles. The standard InChI is InChI=1S/C22H26N4O6/c1-30-11-10-24-21(28)14-26(13-16-5-6-17-18(12-16)32-15-31-17)22(29)8-7-20(27)25-19-4-2-3-9-23-19/h2-6,9,12H,7-8,10-11,13-15H2,1H3,(H,24,28)(H,23,25,27). The van der Waals surface area contributed by atoms with E-state index >= 15 is 0 Å². The van der Waals surface area contributed by atoms with Crippen LogP contribution in [0.15, 0.2) is 42.6 Å². The second-order valence-corrected chi connectivity index (χ2v) is 7.04. The Kier molecular flexibility index (Phi) is 8.38. The number of hydrogen-bond donors (Lipinski definition) is 2. The number of carbonyl (C=O) groups excluding carboxylic acids is 3. The monoisotopic (exact) mass is 442 g/mol. The Labute approximate surface area is 185 Å². The van der Waals surface area contributed by atoms with E-state index in [0.29, 0.717) is 30.5 Å². The van der Waals surface area contributed by atoms with Crippen molar-refractivity contribution < 1.29 is 28.6 Å². The maximum absolute atomic E-state index is 12.9. The zero-order valence-corrected chi connectivity index (χ0v) is 17.8. The molecule has 0 bridgehead atoms. The second-order valence-electron chi connectivity index (χ2n) is 7.04. The number of aromatic nitrogens is 1. The van der Waals surface area contributed by atoms with E-state index in [1.54, 1.807) is 36.5 Å². The van der Waals surface area contributed by atoms with Crippen molar-refractivity contribution in [2.24, 2.45) is 0 Å². The van der Waals surface area contributed by atoms with Gasteiger partial charge in [0, 0.05) is 39.2 Å². The molecule has 2 heterocycles. The molecule has 0 radical (unpaired) electrons. The predicted octanol–water partition coefficient (Wildman–Crippen LogP) is 1.32. The van der Waals surface area contributed by atoms with Gasteiger partial charge >= 0.3 is 0 Å². The van der Waals surface area contributed by atoms with Crippen molar-refractivity contribution in [2.45, 2.75) is 19.4 Å². The van der Waals surface area contributed by atoms with E-state index < -0.39 is 0 Å². The van der Waals surface area contributed by atoms with Crippen LogP contribution in [-0.4, -0.2) is 61.2 Å². The second kappa shape index (κ2) is 11.7. The van der Waals surface area contributed by atoms with Crippen LogP contribution in [0, 0.1) is 0 Å². The first-order valence-corrected chi connectivity index (χ1v) is 10.2. The SMILES string of the molecule is COCCNC(=O)CN(Cc1ccc2c(c1)OCO2)C(=O)CCC(=O)Nc1ccccn1. The summed E-state index contributed by atoms with van der Waals surface area (Å²) in [4.78, 5) is 42.8. The van der Waals surface area contributed by atoms with Crippen LogP contribution in [0.25, 0.3) is 0 Å². The molecule has 170 valence electrons. The van der Waals surface area contributed by atoms with Crippen molar-refractivity contribution in [2.75, 3.05) is 38.9 Å². The summed E-state index contributed by atoms with van der Waals surface area (Å²) in [7, 11) is 1.54. The van der Waals surface area contributed by atoms with E-state index in [1.165, 1.54) is 12.0 Å². The molecule has 3 amide bonds. The Morgan fingerprint density at radius 2 is 1.94 bits per heavy atom. The first-order valence-electron chi connectivity index (χ1n) is 10.2. The van der Waals surface area contributed by atoms with Crippen LogP contribution in [0.2, 0.25) is 0 Å². The van der Waals surface area contributed by atoms with Gasteiger partial charge in [-0.15, -0.1) is 0 Å². The van der Waals surface area contributed by atoms with E-state index in [0.717, 1.165) is 5.56 Å². The van der Waals surface area contributed by atoms with Crippen LogP contribution in [0.4, 0.5) is 5.82 Å². The van der Waals surface area contributed by atoms with Crippen molar-refractivity contribution in [3.05, 3.63) is 48.2 Å². The summed E-state index contributed by atoms with van der Waals surface area (Å²) in [5, 5.41) is 5.35. The number of fused-ring (bicyclic) bond motifs is 1. The zero-order valence-electron chi connectivity index (χ0n) is 17.8. The molecular weight excluding hydrogens is 416 g/mol. The number of nitrogens with zero attached hydrogens (tertiary/aromatic N) is 2. The summed E-state index contributed by atoms with van der Waals surface area (Å²) in [5.74, 6) is 0.684. The third kappa shape index (κ3) is 6.95. The van der Waals surface area contributed by atoms with Crippen LogP contribution in [-0.2, 0) is 25.7 Å². The molecular formula is C22H26N4O6. The highest BCUT2D eigenvalue weighted by atomic mass is 16.7. The highest BCUT2D eigenvalue weighted by Crippen LogP contribution is 2.32. The number of anilines is 1. The molecule has 0 fully saturated rings. The van der Waals surface area contributed by atoms with Gasteiger partial charge in [0.15, 0.2) is 11.5 Å². The number of carbonyl (C=O) groups is 3. The number of benzene rings is 1. The van der Waals surface area contributed by atoms with E-state index in [1.807, 2.05) is 6.07 Å². The molecule has 0 atom stereocenters. The topological polar surface area (TPSA) is 119 Å². The average Bonchev–Trinajstić information content (AvgIpc) is 3.26. The molecule has 1 aliphatic heterocycles. The van der Waals surface area contributed by atoms with Crippen LogP contribution < -0.4 is 20.1 Å². The number of methoxy groups -OCH3 is 1. The van der Waals surface area contributed by atoms with E-state index in [2.05, 4.69) is 15.6 Å². The number of pyridine rings is 1. The van der Waals surface area contributed by atoms with Gasteiger partial charge in [-0.25, -0.2) is 4.98 Å². The summed E-state index contributed by atoms with van der Waals surface area (Å²) in [6.07, 6.45) is 1.49. The van der Waals surface area contributed by atoms with Gasteiger partial charge in [-0.05, 0) is 29.8 Å². The fraction of sp³-hybridized carbons (Fsp3) is 0.364. The first kappa shape index (κ1) is 23.0. The summed E-state index contributed by atoms with van der Waals surface area (Å²) >= 11 is 0. The highest BCUT2D eigenvalue weighted by Gasteiger charge is 2.20. The molecule has 2 N–H and O–H groups in total. The van der Waals surface area contributed by atoms with Crippen LogP contribution >= 0.6 is 0 Å². The Hall–Kier alpha value is -3.66. The van der Waals surface area contributed by atoms with Crippen molar-refractivity contribution in [3.63, 3.8) is 0 Å². The van der Waals surface area contributed by atoms with Crippen molar-refractivity contribution in [1.82, 2.24) is 15.2 Å². The Balaban J connectivity index is 1.60. The van der Waals surface area contributed by atoms with Gasteiger partial charge in [-0.1, -0.05) is 12.1 Å². The van der Waals surface area contributed by atoms with Crippen LogP contribution in [0.3, 0.4) is 0 Å². The van der Waals surface area contributed by atoms with Gasteiger partial charge in [0.2, 0.25) is 24.5 Å². The fourth-order valence-corrected chi connectivity index (χ4v) is 3.03. The summed E-state index contributed by atoms with van der Waals surface area (Å²) in [6.45, 7) is 0.909. The van der Waals surface area contributed by atoms with Gasteiger partial charge in [0.1, 0.15) is 5.82 Å². The normalized spacial score (nSPS) is 11.7. The molecule has 1 aromatic carbocycles. The third-order valence-corrected chi connectivity index (χ3v) is 4.62. The molecule has 32 heavy (non-hydrogen) atoms. The maximum atomic E-state index is 12.9. The number of amides is 3. The minimum atomic E-state index is -0.329. The lowest BCUT2D eigenvalue weighted by molar-refractivity contribution is -0.137. The van der Waals surface area contributed by atoms with E-state index in [-0.39, 0.29) is 50.4 Å². The van der Waals surface area contributed by atoms with Crippen LogP contribution in [0.1, 0.15) is 18.4 Å². The molecule has 1 aromatic heterocycles. The van der Waals surface area contributed by atoms with Gasteiger partial charge in [0.05, 0.1) is 13.2 Å². The molecule has 0 unspecified atom stereocenters. The first-order chi connectivity index (χ1) is 15.5. The Morgan fingerprint density at radius 1 is 1.09 bits per heavy atom. The molecule has 1 aliphatic rings. The average molecular weight is 442 g/mol. The van der Waals surface area contributed by atoms with Gasteiger partial charge in [-0.2, -0.15) is 0 Å². The number of rotatable bonds is 11. The maximum Gasteiger partial charge on any atom is 0.239 e.